The van der Waals surface area contributed by atoms with E-state index in [4.69, 9.17) is 11.5 Å². The molecule has 4 heterocycles. The van der Waals surface area contributed by atoms with Gasteiger partial charge in [0, 0.05) is 48.0 Å². The van der Waals surface area contributed by atoms with Gasteiger partial charge in [-0.3, -0.25) is 29.5 Å². The summed E-state index contributed by atoms with van der Waals surface area (Å²) < 4.78 is 0. The highest BCUT2D eigenvalue weighted by molar-refractivity contribution is 6.04. The van der Waals surface area contributed by atoms with Crippen LogP contribution in [0.25, 0.3) is 22.3 Å². The molecular weight excluding hydrogens is 721 g/mol. The number of carbonyl (C=O) groups excluding carboxylic acids is 2. The molecule has 2 aliphatic heterocycles. The fourth-order valence-electron chi connectivity index (χ4n) is 7.30. The number of nitrogens with one attached hydrogen (secondary N) is 2. The first kappa shape index (κ1) is 39.6. The molecule has 0 unspecified atom stereocenters. The Balaban J connectivity index is 0.000000177. The maximum atomic E-state index is 12.8. The minimum atomic E-state index is -0.258. The highest BCUT2D eigenvalue weighted by atomic mass is 16.2. The summed E-state index contributed by atoms with van der Waals surface area (Å²) in [6.45, 7) is 10.2. The molecule has 2 aliphatic rings. The molecule has 0 spiro atoms. The van der Waals surface area contributed by atoms with Crippen LogP contribution in [0.15, 0.2) is 132 Å². The van der Waals surface area contributed by atoms with Crippen molar-refractivity contribution in [2.45, 2.75) is 52.9 Å². The molecule has 58 heavy (non-hydrogen) atoms. The van der Waals surface area contributed by atoms with Crippen molar-refractivity contribution in [2.24, 2.45) is 21.5 Å². The number of nitrogens with zero attached hydrogens (tertiary/aromatic N) is 4. The van der Waals surface area contributed by atoms with Gasteiger partial charge in [0.2, 0.25) is 0 Å². The van der Waals surface area contributed by atoms with Gasteiger partial charge < -0.3 is 22.1 Å². The summed E-state index contributed by atoms with van der Waals surface area (Å²) in [7, 11) is 0. The van der Waals surface area contributed by atoms with Gasteiger partial charge >= 0.3 is 0 Å². The van der Waals surface area contributed by atoms with Crippen molar-refractivity contribution < 1.29 is 9.59 Å². The summed E-state index contributed by atoms with van der Waals surface area (Å²) in [5, 5.41) is 6.02. The van der Waals surface area contributed by atoms with E-state index in [-0.39, 0.29) is 23.9 Å². The number of fused-ring (bicyclic) bond motifs is 2. The second kappa shape index (κ2) is 17.7. The number of carbonyl (C=O) groups is 2. The number of hydrogen-bond donors (Lipinski definition) is 4. The average molecular weight is 769 g/mol. The average Bonchev–Trinajstić information content (AvgIpc) is 3.82. The number of pyridine rings is 2. The molecule has 0 saturated carbocycles. The highest BCUT2D eigenvalue weighted by Crippen LogP contribution is 2.28. The molecule has 6 aromatic rings. The predicted octanol–water partition coefficient (Wildman–Crippen LogP) is 7.62. The van der Waals surface area contributed by atoms with Crippen LogP contribution in [0.1, 0.15) is 91.4 Å². The lowest BCUT2D eigenvalue weighted by atomic mass is 9.98. The van der Waals surface area contributed by atoms with Gasteiger partial charge in [-0.15, -0.1) is 0 Å². The second-order valence-electron chi connectivity index (χ2n) is 14.8. The zero-order chi connectivity index (χ0) is 40.8. The topological polar surface area (TPSA) is 161 Å². The van der Waals surface area contributed by atoms with E-state index >= 15 is 0 Å². The van der Waals surface area contributed by atoms with Crippen molar-refractivity contribution in [3.63, 3.8) is 0 Å². The van der Waals surface area contributed by atoms with Gasteiger partial charge in [0.15, 0.2) is 0 Å². The Kier molecular flexibility index (Phi) is 12.1. The summed E-state index contributed by atoms with van der Waals surface area (Å²) in [5.41, 5.74) is 27.8. The van der Waals surface area contributed by atoms with E-state index in [1.54, 1.807) is 12.4 Å². The molecule has 2 amide bonds. The Morgan fingerprint density at radius 1 is 0.552 bits per heavy atom. The summed E-state index contributed by atoms with van der Waals surface area (Å²) in [6, 6.07) is 35.6. The van der Waals surface area contributed by atoms with Gasteiger partial charge in [-0.1, -0.05) is 83.9 Å². The van der Waals surface area contributed by atoms with Crippen LogP contribution in [-0.4, -0.2) is 46.3 Å². The molecule has 292 valence electrons. The monoisotopic (exact) mass is 768 g/mol. The Hall–Kier alpha value is -6.62. The molecule has 0 aliphatic carbocycles. The fraction of sp³-hybridized carbons (Fsp3) is 0.208. The second-order valence-corrected chi connectivity index (χ2v) is 14.8. The smallest absolute Gasteiger partial charge is 0.270 e. The Morgan fingerprint density at radius 3 is 1.36 bits per heavy atom. The van der Waals surface area contributed by atoms with Crippen molar-refractivity contribution in [1.82, 2.24) is 20.6 Å². The van der Waals surface area contributed by atoms with Gasteiger partial charge in [-0.2, -0.15) is 0 Å². The van der Waals surface area contributed by atoms with Crippen molar-refractivity contribution in [1.29, 1.82) is 0 Å². The molecule has 10 nitrogen and oxygen atoms in total. The lowest BCUT2D eigenvalue weighted by molar-refractivity contribution is 0.0924. The number of aromatic nitrogens is 2. The SMILES string of the molecule is CC1=NCc2ccc(-c3ccnc(C(=O)N[C@@H](CN)c4cccc(C)c4)c3)cc21.CC1=NCc2ccc(-c3ccnc(C(=O)N[C@H](CN)c4cccc(C)c4)c3)cc21. The van der Waals surface area contributed by atoms with E-state index in [1.807, 2.05) is 100 Å². The van der Waals surface area contributed by atoms with E-state index in [0.717, 1.165) is 69.0 Å². The Morgan fingerprint density at radius 2 is 0.966 bits per heavy atom. The third kappa shape index (κ3) is 8.99. The van der Waals surface area contributed by atoms with Crippen LogP contribution in [0, 0.1) is 13.8 Å². The molecule has 0 radical (unpaired) electrons. The lowest BCUT2D eigenvalue weighted by Crippen LogP contribution is -2.33. The minimum Gasteiger partial charge on any atom is -0.343 e. The van der Waals surface area contributed by atoms with Crippen molar-refractivity contribution in [3.8, 4) is 22.3 Å². The third-order valence-electron chi connectivity index (χ3n) is 10.6. The van der Waals surface area contributed by atoms with Crippen LogP contribution in [0.2, 0.25) is 0 Å². The number of aryl methyl sites for hydroxylation is 2. The van der Waals surface area contributed by atoms with Gasteiger partial charge in [0.05, 0.1) is 25.2 Å². The van der Waals surface area contributed by atoms with Crippen LogP contribution in [0.5, 0.6) is 0 Å². The quantitative estimate of drug-likeness (QED) is 0.112. The molecular formula is C48H48N8O2. The predicted molar refractivity (Wildman–Crippen MR) is 232 cm³/mol. The van der Waals surface area contributed by atoms with E-state index in [1.165, 1.54) is 22.3 Å². The molecule has 2 aromatic heterocycles. The van der Waals surface area contributed by atoms with Crippen molar-refractivity contribution in [2.75, 3.05) is 13.1 Å². The normalized spacial score (nSPS) is 13.6. The molecule has 0 fully saturated rings. The van der Waals surface area contributed by atoms with E-state index < -0.39 is 0 Å². The van der Waals surface area contributed by atoms with Gasteiger partial charge in [-0.25, -0.2) is 0 Å². The Labute approximate surface area is 339 Å². The summed E-state index contributed by atoms with van der Waals surface area (Å²) in [6.07, 6.45) is 3.34. The highest BCUT2D eigenvalue weighted by Gasteiger charge is 2.19. The van der Waals surface area contributed by atoms with Crippen LogP contribution in [0.3, 0.4) is 0 Å². The molecule has 2 atom stereocenters. The maximum absolute atomic E-state index is 12.8. The summed E-state index contributed by atoms with van der Waals surface area (Å²) >= 11 is 0. The fourth-order valence-corrected chi connectivity index (χ4v) is 7.30. The number of amides is 2. The first-order valence-corrected chi connectivity index (χ1v) is 19.5. The number of nitrogens with two attached hydrogens (primary N) is 2. The van der Waals surface area contributed by atoms with Crippen LogP contribution in [-0.2, 0) is 13.1 Å². The molecule has 0 bridgehead atoms. The van der Waals surface area contributed by atoms with E-state index in [9.17, 15) is 9.59 Å². The first-order valence-electron chi connectivity index (χ1n) is 19.5. The van der Waals surface area contributed by atoms with Crippen molar-refractivity contribution >= 4 is 23.2 Å². The zero-order valence-electron chi connectivity index (χ0n) is 33.3. The number of benzene rings is 4. The number of hydrogen-bond acceptors (Lipinski definition) is 8. The van der Waals surface area contributed by atoms with Gasteiger partial charge in [0.1, 0.15) is 11.4 Å². The number of rotatable bonds is 10. The zero-order valence-corrected chi connectivity index (χ0v) is 33.3. The summed E-state index contributed by atoms with van der Waals surface area (Å²) in [4.78, 5) is 43.2. The van der Waals surface area contributed by atoms with Crippen molar-refractivity contribution in [3.05, 3.63) is 177 Å². The maximum Gasteiger partial charge on any atom is 0.270 e. The first-order chi connectivity index (χ1) is 28.1. The molecule has 8 rings (SSSR count). The summed E-state index contributed by atoms with van der Waals surface area (Å²) in [5.74, 6) is -0.467. The largest absolute Gasteiger partial charge is 0.343 e. The lowest BCUT2D eigenvalue weighted by Gasteiger charge is -2.18. The number of aliphatic imine (C=N–C) groups is 2. The third-order valence-corrected chi connectivity index (χ3v) is 10.6. The van der Waals surface area contributed by atoms with E-state index in [2.05, 4.69) is 67.0 Å². The standard InChI is InChI=1S/2C24H24N4O/c2*1-15-4-3-5-19(10-15)23(13-25)28-24(29)22-12-18(8-9-26-22)17-6-7-20-14-27-16(2)21(20)11-17/h2*3-12,23H,13-14,25H2,1-2H3,(H,28,29)/t2*23-/m10/s1. The van der Waals surface area contributed by atoms with Crippen LogP contribution in [0.4, 0.5) is 0 Å². The minimum absolute atomic E-state index is 0.234. The van der Waals surface area contributed by atoms with E-state index in [0.29, 0.717) is 24.5 Å². The van der Waals surface area contributed by atoms with Gasteiger partial charge in [-0.05, 0) is 109 Å². The molecule has 10 heteroatoms. The van der Waals surface area contributed by atoms with Crippen LogP contribution < -0.4 is 22.1 Å². The molecule has 4 aromatic carbocycles. The Bertz CT molecular complexity index is 2380. The van der Waals surface area contributed by atoms with Gasteiger partial charge in [0.25, 0.3) is 11.8 Å². The molecule has 0 saturated heterocycles. The molecule has 6 N–H and O–H groups in total. The van der Waals surface area contributed by atoms with Crippen LogP contribution >= 0.6 is 0 Å².